The second kappa shape index (κ2) is 5.50. The topological polar surface area (TPSA) is 12.0 Å². The Balaban J connectivity index is 2.89. The van der Waals surface area contributed by atoms with Crippen LogP contribution in [0.3, 0.4) is 0 Å². The fourth-order valence-corrected chi connectivity index (χ4v) is 1.86. The normalized spacial score (nSPS) is 10.8. The van der Waals surface area contributed by atoms with Crippen LogP contribution in [0.1, 0.15) is 32.3 Å². The Morgan fingerprint density at radius 1 is 1.33 bits per heavy atom. The van der Waals surface area contributed by atoms with Crippen molar-refractivity contribution < 1.29 is 4.39 Å². The van der Waals surface area contributed by atoms with Gasteiger partial charge in [0.15, 0.2) is 0 Å². The molecule has 0 saturated carbocycles. The van der Waals surface area contributed by atoms with Gasteiger partial charge in [0.1, 0.15) is 5.82 Å². The summed E-state index contributed by atoms with van der Waals surface area (Å²) in [5.74, 6) is -0.206. The first-order valence-electron chi connectivity index (χ1n) is 5.30. The lowest BCUT2D eigenvalue weighted by atomic mass is 10.1. The Bertz CT molecular complexity index is 335. The molecule has 0 aliphatic rings. The van der Waals surface area contributed by atoms with E-state index in [1.54, 1.807) is 6.07 Å². The predicted octanol–water partition coefficient (Wildman–Crippen LogP) is 4.50. The van der Waals surface area contributed by atoms with Crippen LogP contribution in [0.4, 0.5) is 10.1 Å². The van der Waals surface area contributed by atoms with Gasteiger partial charge >= 0.3 is 0 Å². The van der Waals surface area contributed by atoms with E-state index >= 15 is 0 Å². The van der Waals surface area contributed by atoms with Gasteiger partial charge in [0.05, 0.1) is 4.47 Å². The van der Waals surface area contributed by atoms with E-state index in [0.29, 0.717) is 10.5 Å². The first-order chi connectivity index (χ1) is 7.08. The maximum atomic E-state index is 13.2. The van der Waals surface area contributed by atoms with Crippen LogP contribution >= 0.6 is 15.9 Å². The zero-order chi connectivity index (χ0) is 11.4. The van der Waals surface area contributed by atoms with Crippen LogP contribution in [0.25, 0.3) is 0 Å². The lowest BCUT2D eigenvalue weighted by Crippen LogP contribution is -2.17. The minimum absolute atomic E-state index is 0.206. The summed E-state index contributed by atoms with van der Waals surface area (Å²) >= 11 is 3.20. The van der Waals surface area contributed by atoms with Gasteiger partial charge in [-0.25, -0.2) is 4.39 Å². The highest BCUT2D eigenvalue weighted by Gasteiger charge is 2.08. The van der Waals surface area contributed by atoms with Crippen LogP contribution in [0.5, 0.6) is 0 Å². The molecule has 0 fully saturated rings. The van der Waals surface area contributed by atoms with Gasteiger partial charge < -0.3 is 5.32 Å². The SMILES string of the molecule is CCC(CC)Nc1cc(Br)c(F)cc1C. The summed E-state index contributed by atoms with van der Waals surface area (Å²) in [6, 6.07) is 3.82. The molecular weight excluding hydrogens is 257 g/mol. The lowest BCUT2D eigenvalue weighted by Gasteiger charge is -2.18. The van der Waals surface area contributed by atoms with E-state index in [1.165, 1.54) is 0 Å². The monoisotopic (exact) mass is 273 g/mol. The van der Waals surface area contributed by atoms with Gasteiger partial charge in [-0.1, -0.05) is 13.8 Å². The van der Waals surface area contributed by atoms with E-state index < -0.39 is 0 Å². The maximum absolute atomic E-state index is 13.2. The standard InChI is InChI=1S/C12H17BrFN/c1-4-9(5-2)15-12-7-10(13)11(14)6-8(12)3/h6-7,9,15H,4-5H2,1-3H3. The molecule has 0 aliphatic heterocycles. The fraction of sp³-hybridized carbons (Fsp3) is 0.500. The molecule has 84 valence electrons. The fourth-order valence-electron chi connectivity index (χ4n) is 1.51. The van der Waals surface area contributed by atoms with E-state index in [0.717, 1.165) is 24.1 Å². The average Bonchev–Trinajstić information content (AvgIpc) is 2.21. The largest absolute Gasteiger partial charge is 0.382 e. The van der Waals surface area contributed by atoms with E-state index in [2.05, 4.69) is 35.1 Å². The summed E-state index contributed by atoms with van der Waals surface area (Å²) in [6.07, 6.45) is 2.15. The van der Waals surface area contributed by atoms with Crippen LogP contribution < -0.4 is 5.32 Å². The first kappa shape index (κ1) is 12.5. The summed E-state index contributed by atoms with van der Waals surface area (Å²) in [4.78, 5) is 0. The highest BCUT2D eigenvalue weighted by molar-refractivity contribution is 9.10. The molecule has 1 aromatic rings. The van der Waals surface area contributed by atoms with Gasteiger partial charge in [0.25, 0.3) is 0 Å². The predicted molar refractivity (Wildman–Crippen MR) is 66.8 cm³/mol. The minimum atomic E-state index is -0.206. The van der Waals surface area contributed by atoms with Gasteiger partial charge in [-0.2, -0.15) is 0 Å². The van der Waals surface area contributed by atoms with Gasteiger partial charge in [-0.15, -0.1) is 0 Å². The van der Waals surface area contributed by atoms with Crippen LogP contribution in [0, 0.1) is 12.7 Å². The van der Waals surface area contributed by atoms with Gasteiger partial charge in [0, 0.05) is 11.7 Å². The zero-order valence-electron chi connectivity index (χ0n) is 9.40. The number of benzene rings is 1. The molecule has 0 bridgehead atoms. The third kappa shape index (κ3) is 3.20. The van der Waals surface area contributed by atoms with Crippen LogP contribution in [-0.2, 0) is 0 Å². The Morgan fingerprint density at radius 2 is 1.93 bits per heavy atom. The number of rotatable bonds is 4. The third-order valence-electron chi connectivity index (χ3n) is 2.61. The second-order valence-corrected chi connectivity index (χ2v) is 4.59. The molecule has 0 spiro atoms. The van der Waals surface area contributed by atoms with Crippen molar-refractivity contribution in [2.75, 3.05) is 5.32 Å². The Labute approximate surface area is 99.2 Å². The molecule has 1 nitrogen and oxygen atoms in total. The summed E-state index contributed by atoms with van der Waals surface area (Å²) in [5.41, 5.74) is 1.96. The number of hydrogen-bond acceptors (Lipinski definition) is 1. The van der Waals surface area contributed by atoms with E-state index in [1.807, 2.05) is 13.0 Å². The maximum Gasteiger partial charge on any atom is 0.137 e. The summed E-state index contributed by atoms with van der Waals surface area (Å²) in [6.45, 7) is 6.21. The first-order valence-corrected chi connectivity index (χ1v) is 6.10. The summed E-state index contributed by atoms with van der Waals surface area (Å²) in [7, 11) is 0. The molecule has 1 N–H and O–H groups in total. The third-order valence-corrected chi connectivity index (χ3v) is 3.22. The van der Waals surface area contributed by atoms with Crippen molar-refractivity contribution in [3.63, 3.8) is 0 Å². The Kier molecular flexibility index (Phi) is 4.58. The second-order valence-electron chi connectivity index (χ2n) is 3.74. The molecule has 0 atom stereocenters. The number of aryl methyl sites for hydroxylation is 1. The number of nitrogens with one attached hydrogen (secondary N) is 1. The molecule has 0 heterocycles. The molecule has 0 radical (unpaired) electrons. The quantitative estimate of drug-likeness (QED) is 0.852. The smallest absolute Gasteiger partial charge is 0.137 e. The van der Waals surface area contributed by atoms with Crippen molar-refractivity contribution >= 4 is 21.6 Å². The van der Waals surface area contributed by atoms with Gasteiger partial charge in [-0.05, 0) is 53.4 Å². The van der Waals surface area contributed by atoms with Crippen molar-refractivity contribution in [3.8, 4) is 0 Å². The van der Waals surface area contributed by atoms with Crippen molar-refractivity contribution in [2.24, 2.45) is 0 Å². The Hall–Kier alpha value is -0.570. The average molecular weight is 274 g/mol. The lowest BCUT2D eigenvalue weighted by molar-refractivity contribution is 0.619. The summed E-state index contributed by atoms with van der Waals surface area (Å²) < 4.78 is 13.7. The number of halogens is 2. The summed E-state index contributed by atoms with van der Waals surface area (Å²) in [5, 5.41) is 3.42. The number of anilines is 1. The molecule has 0 aliphatic carbocycles. The van der Waals surface area contributed by atoms with Crippen LogP contribution in [-0.4, -0.2) is 6.04 Å². The van der Waals surface area contributed by atoms with Crippen molar-refractivity contribution in [3.05, 3.63) is 28.0 Å². The molecule has 3 heteroatoms. The van der Waals surface area contributed by atoms with Crippen LogP contribution in [0.15, 0.2) is 16.6 Å². The van der Waals surface area contributed by atoms with Crippen molar-refractivity contribution in [1.29, 1.82) is 0 Å². The Morgan fingerprint density at radius 3 is 2.47 bits per heavy atom. The van der Waals surface area contributed by atoms with Gasteiger partial charge in [-0.3, -0.25) is 0 Å². The molecule has 1 rings (SSSR count). The van der Waals surface area contributed by atoms with Crippen molar-refractivity contribution in [1.82, 2.24) is 0 Å². The molecule has 0 aromatic heterocycles. The molecule has 1 aromatic carbocycles. The number of hydrogen-bond donors (Lipinski definition) is 1. The highest BCUT2D eigenvalue weighted by Crippen LogP contribution is 2.25. The highest BCUT2D eigenvalue weighted by atomic mass is 79.9. The zero-order valence-corrected chi connectivity index (χ0v) is 11.0. The van der Waals surface area contributed by atoms with Crippen LogP contribution in [0.2, 0.25) is 0 Å². The van der Waals surface area contributed by atoms with E-state index in [9.17, 15) is 4.39 Å². The van der Waals surface area contributed by atoms with E-state index in [4.69, 9.17) is 0 Å². The molecule has 0 unspecified atom stereocenters. The van der Waals surface area contributed by atoms with Gasteiger partial charge in [0.2, 0.25) is 0 Å². The molecule has 15 heavy (non-hydrogen) atoms. The molecule has 0 saturated heterocycles. The van der Waals surface area contributed by atoms with Crippen molar-refractivity contribution in [2.45, 2.75) is 39.7 Å². The minimum Gasteiger partial charge on any atom is -0.382 e. The molecular formula is C12H17BrFN. The molecule has 0 amide bonds. The van der Waals surface area contributed by atoms with E-state index in [-0.39, 0.29) is 5.82 Å².